The van der Waals surface area contributed by atoms with E-state index in [4.69, 9.17) is 9.84 Å². The van der Waals surface area contributed by atoms with Crippen molar-refractivity contribution in [2.24, 2.45) is 0 Å². The molecule has 20 heavy (non-hydrogen) atoms. The highest BCUT2D eigenvalue weighted by molar-refractivity contribution is 5.42. The molecule has 0 unspecified atom stereocenters. The number of aliphatic hydroxyl groups excluding tert-OH is 1. The van der Waals surface area contributed by atoms with Gasteiger partial charge in [-0.05, 0) is 49.2 Å². The van der Waals surface area contributed by atoms with E-state index >= 15 is 0 Å². The number of rotatable bonds is 6. The van der Waals surface area contributed by atoms with E-state index in [2.05, 4.69) is 23.5 Å². The summed E-state index contributed by atoms with van der Waals surface area (Å²) in [4.78, 5) is 0. The Morgan fingerprint density at radius 1 is 1.10 bits per heavy atom. The van der Waals surface area contributed by atoms with E-state index in [1.54, 1.807) is 0 Å². The van der Waals surface area contributed by atoms with Crippen LogP contribution in [0.2, 0.25) is 0 Å². The van der Waals surface area contributed by atoms with E-state index in [0.29, 0.717) is 6.42 Å². The molecular weight excluding hydrogens is 250 g/mol. The first-order valence-corrected chi connectivity index (χ1v) is 6.85. The summed E-state index contributed by atoms with van der Waals surface area (Å²) < 4.78 is 6.04. The lowest BCUT2D eigenvalue weighted by atomic mass is 10.1. The standard InChI is InChI=1S/C17H21NO2/c1-13-7-8-14(12-18-2)11-17(13)20-16-6-4-3-5-15(16)9-10-19/h3-8,11,18-19H,9-10,12H2,1-2H3. The summed E-state index contributed by atoms with van der Waals surface area (Å²) in [5, 5.41) is 12.3. The van der Waals surface area contributed by atoms with Gasteiger partial charge in [-0.2, -0.15) is 0 Å². The smallest absolute Gasteiger partial charge is 0.130 e. The van der Waals surface area contributed by atoms with Crippen molar-refractivity contribution >= 4 is 0 Å². The van der Waals surface area contributed by atoms with Gasteiger partial charge in [0.2, 0.25) is 0 Å². The van der Waals surface area contributed by atoms with Crippen LogP contribution in [0.4, 0.5) is 0 Å². The summed E-state index contributed by atoms with van der Waals surface area (Å²) in [6.45, 7) is 2.97. The second-order valence-corrected chi connectivity index (χ2v) is 4.81. The molecule has 0 saturated carbocycles. The summed E-state index contributed by atoms with van der Waals surface area (Å²) in [6, 6.07) is 14.1. The van der Waals surface area contributed by atoms with Crippen molar-refractivity contribution in [1.82, 2.24) is 5.32 Å². The first-order valence-electron chi connectivity index (χ1n) is 6.85. The molecule has 0 fully saturated rings. The maximum absolute atomic E-state index is 9.12. The summed E-state index contributed by atoms with van der Waals surface area (Å²) in [6.07, 6.45) is 0.603. The Morgan fingerprint density at radius 3 is 2.65 bits per heavy atom. The Morgan fingerprint density at radius 2 is 1.90 bits per heavy atom. The fourth-order valence-corrected chi connectivity index (χ4v) is 2.12. The molecule has 0 aliphatic carbocycles. The van der Waals surface area contributed by atoms with Gasteiger partial charge in [0.05, 0.1) is 0 Å². The van der Waals surface area contributed by atoms with Gasteiger partial charge in [0.25, 0.3) is 0 Å². The second-order valence-electron chi connectivity index (χ2n) is 4.81. The number of para-hydroxylation sites is 1. The number of hydrogen-bond acceptors (Lipinski definition) is 3. The summed E-state index contributed by atoms with van der Waals surface area (Å²) in [5.74, 6) is 1.68. The second kappa shape index (κ2) is 7.08. The minimum Gasteiger partial charge on any atom is -0.457 e. The highest BCUT2D eigenvalue weighted by atomic mass is 16.5. The van der Waals surface area contributed by atoms with Crippen LogP contribution in [-0.4, -0.2) is 18.8 Å². The van der Waals surface area contributed by atoms with Gasteiger partial charge in [0.15, 0.2) is 0 Å². The molecular formula is C17H21NO2. The van der Waals surface area contributed by atoms with Gasteiger partial charge in [0.1, 0.15) is 11.5 Å². The lowest BCUT2D eigenvalue weighted by molar-refractivity contribution is 0.298. The number of ether oxygens (including phenoxy) is 1. The van der Waals surface area contributed by atoms with Gasteiger partial charge in [-0.1, -0.05) is 30.3 Å². The van der Waals surface area contributed by atoms with E-state index in [1.165, 1.54) is 5.56 Å². The first-order chi connectivity index (χ1) is 9.74. The normalized spacial score (nSPS) is 10.6. The van der Waals surface area contributed by atoms with Crippen LogP contribution in [0.3, 0.4) is 0 Å². The molecule has 2 aromatic rings. The van der Waals surface area contributed by atoms with E-state index in [9.17, 15) is 0 Å². The topological polar surface area (TPSA) is 41.5 Å². The summed E-state index contributed by atoms with van der Waals surface area (Å²) in [5.41, 5.74) is 3.31. The maximum atomic E-state index is 9.12. The molecule has 0 aliphatic rings. The molecule has 0 atom stereocenters. The molecule has 3 heteroatoms. The van der Waals surface area contributed by atoms with Gasteiger partial charge in [0, 0.05) is 13.2 Å². The number of benzene rings is 2. The van der Waals surface area contributed by atoms with Gasteiger partial charge < -0.3 is 15.2 Å². The fraction of sp³-hybridized carbons (Fsp3) is 0.294. The molecule has 0 aliphatic heterocycles. The third-order valence-electron chi connectivity index (χ3n) is 3.21. The molecule has 2 rings (SSSR count). The fourth-order valence-electron chi connectivity index (χ4n) is 2.12. The number of nitrogens with one attached hydrogen (secondary N) is 1. The van der Waals surface area contributed by atoms with E-state index in [0.717, 1.165) is 29.2 Å². The molecule has 0 saturated heterocycles. The van der Waals surface area contributed by atoms with Crippen LogP contribution in [0.25, 0.3) is 0 Å². The highest BCUT2D eigenvalue weighted by Crippen LogP contribution is 2.29. The summed E-state index contributed by atoms with van der Waals surface area (Å²) in [7, 11) is 1.93. The van der Waals surface area contributed by atoms with E-state index in [1.807, 2.05) is 38.2 Å². The Kier molecular flexibility index (Phi) is 5.16. The molecule has 0 radical (unpaired) electrons. The Bertz CT molecular complexity index is 567. The van der Waals surface area contributed by atoms with E-state index < -0.39 is 0 Å². The van der Waals surface area contributed by atoms with Crippen LogP contribution in [0.5, 0.6) is 11.5 Å². The molecule has 2 aromatic carbocycles. The molecule has 3 nitrogen and oxygen atoms in total. The molecule has 0 amide bonds. The number of aryl methyl sites for hydroxylation is 1. The summed E-state index contributed by atoms with van der Waals surface area (Å²) >= 11 is 0. The third kappa shape index (κ3) is 3.59. The highest BCUT2D eigenvalue weighted by Gasteiger charge is 2.07. The third-order valence-corrected chi connectivity index (χ3v) is 3.21. The minimum absolute atomic E-state index is 0.124. The molecule has 0 aromatic heterocycles. The van der Waals surface area contributed by atoms with Crippen LogP contribution in [0.1, 0.15) is 16.7 Å². The SMILES string of the molecule is CNCc1ccc(C)c(Oc2ccccc2CCO)c1. The van der Waals surface area contributed by atoms with Gasteiger partial charge in [-0.15, -0.1) is 0 Å². The first kappa shape index (κ1) is 14.6. The monoisotopic (exact) mass is 271 g/mol. The van der Waals surface area contributed by atoms with Gasteiger partial charge in [-0.25, -0.2) is 0 Å². The zero-order chi connectivity index (χ0) is 14.4. The maximum Gasteiger partial charge on any atom is 0.130 e. The van der Waals surface area contributed by atoms with Crippen molar-refractivity contribution < 1.29 is 9.84 Å². The predicted octanol–water partition coefficient (Wildman–Crippen LogP) is 3.04. The van der Waals surface area contributed by atoms with Crippen molar-refractivity contribution in [3.63, 3.8) is 0 Å². The quantitative estimate of drug-likeness (QED) is 0.848. The lowest BCUT2D eigenvalue weighted by Crippen LogP contribution is -2.05. The zero-order valence-electron chi connectivity index (χ0n) is 12.0. The molecule has 106 valence electrons. The molecule has 2 N–H and O–H groups in total. The Labute approximate surface area is 120 Å². The molecule has 0 heterocycles. The van der Waals surface area contributed by atoms with E-state index in [-0.39, 0.29) is 6.61 Å². The van der Waals surface area contributed by atoms with Crippen molar-refractivity contribution in [3.05, 3.63) is 59.2 Å². The molecule has 0 spiro atoms. The lowest BCUT2D eigenvalue weighted by Gasteiger charge is -2.13. The van der Waals surface area contributed by atoms with Crippen molar-refractivity contribution in [2.45, 2.75) is 19.9 Å². The average molecular weight is 271 g/mol. The van der Waals surface area contributed by atoms with Crippen molar-refractivity contribution in [1.29, 1.82) is 0 Å². The number of aliphatic hydroxyl groups is 1. The van der Waals surface area contributed by atoms with Crippen molar-refractivity contribution in [3.8, 4) is 11.5 Å². The predicted molar refractivity (Wildman–Crippen MR) is 81.2 cm³/mol. The van der Waals surface area contributed by atoms with Crippen LogP contribution >= 0.6 is 0 Å². The Balaban J connectivity index is 2.27. The number of hydrogen-bond donors (Lipinski definition) is 2. The zero-order valence-corrected chi connectivity index (χ0v) is 12.0. The van der Waals surface area contributed by atoms with Crippen LogP contribution < -0.4 is 10.1 Å². The minimum atomic E-state index is 0.124. The molecule has 0 bridgehead atoms. The average Bonchev–Trinajstić information content (AvgIpc) is 2.45. The Hall–Kier alpha value is -1.84. The van der Waals surface area contributed by atoms with Crippen LogP contribution in [0, 0.1) is 6.92 Å². The van der Waals surface area contributed by atoms with Gasteiger partial charge in [-0.3, -0.25) is 0 Å². The largest absolute Gasteiger partial charge is 0.457 e. The van der Waals surface area contributed by atoms with Crippen molar-refractivity contribution in [2.75, 3.05) is 13.7 Å². The van der Waals surface area contributed by atoms with Crippen LogP contribution in [0.15, 0.2) is 42.5 Å². The van der Waals surface area contributed by atoms with Crippen LogP contribution in [-0.2, 0) is 13.0 Å². The van der Waals surface area contributed by atoms with Gasteiger partial charge >= 0.3 is 0 Å².